The maximum absolute atomic E-state index is 10.8. The number of hydrogen-bond acceptors (Lipinski definition) is 1. The number of hydrogen-bond donors (Lipinski definition) is 1. The SMILES string of the molecule is CCC(C)C(c1ccccc1)C(O)Cc1ccccc1Cl. The van der Waals surface area contributed by atoms with Crippen LogP contribution in [0.5, 0.6) is 0 Å². The van der Waals surface area contributed by atoms with Gasteiger partial charge in [-0.2, -0.15) is 0 Å². The Labute approximate surface area is 132 Å². The zero-order valence-corrected chi connectivity index (χ0v) is 13.4. The van der Waals surface area contributed by atoms with Gasteiger partial charge in [-0.25, -0.2) is 0 Å². The molecule has 112 valence electrons. The second-order valence-electron chi connectivity index (χ2n) is 5.68. The van der Waals surface area contributed by atoms with Crippen molar-refractivity contribution in [1.29, 1.82) is 0 Å². The molecular weight excluding hydrogens is 280 g/mol. The molecule has 21 heavy (non-hydrogen) atoms. The summed E-state index contributed by atoms with van der Waals surface area (Å²) in [7, 11) is 0. The van der Waals surface area contributed by atoms with E-state index in [1.165, 1.54) is 5.56 Å². The lowest BCUT2D eigenvalue weighted by Crippen LogP contribution is -2.26. The molecule has 0 amide bonds. The van der Waals surface area contributed by atoms with Crippen LogP contribution in [0.4, 0.5) is 0 Å². The highest BCUT2D eigenvalue weighted by Gasteiger charge is 2.26. The number of aliphatic hydroxyl groups excluding tert-OH is 1. The zero-order valence-electron chi connectivity index (χ0n) is 12.7. The van der Waals surface area contributed by atoms with E-state index >= 15 is 0 Å². The predicted octanol–water partition coefficient (Wildman–Crippen LogP) is 5.07. The minimum Gasteiger partial charge on any atom is -0.392 e. The summed E-state index contributed by atoms with van der Waals surface area (Å²) < 4.78 is 0. The van der Waals surface area contributed by atoms with Crippen LogP contribution in [0.3, 0.4) is 0 Å². The first kappa shape index (κ1) is 16.1. The largest absolute Gasteiger partial charge is 0.392 e. The molecule has 0 saturated carbocycles. The third-order valence-electron chi connectivity index (χ3n) is 4.24. The fraction of sp³-hybridized carbons (Fsp3) is 0.368. The molecular formula is C19H23ClO. The smallest absolute Gasteiger partial charge is 0.0652 e. The molecule has 0 aliphatic carbocycles. The van der Waals surface area contributed by atoms with Gasteiger partial charge in [-0.05, 0) is 23.1 Å². The van der Waals surface area contributed by atoms with Crippen LogP contribution in [0.15, 0.2) is 54.6 Å². The van der Waals surface area contributed by atoms with Gasteiger partial charge in [-0.1, -0.05) is 80.4 Å². The molecule has 3 unspecified atom stereocenters. The Morgan fingerprint density at radius 1 is 1.00 bits per heavy atom. The summed E-state index contributed by atoms with van der Waals surface area (Å²) in [6, 6.07) is 18.0. The number of rotatable bonds is 6. The Morgan fingerprint density at radius 2 is 1.62 bits per heavy atom. The van der Waals surface area contributed by atoms with Gasteiger partial charge >= 0.3 is 0 Å². The summed E-state index contributed by atoms with van der Waals surface area (Å²) in [6.07, 6.45) is 1.20. The van der Waals surface area contributed by atoms with Crippen LogP contribution < -0.4 is 0 Å². The van der Waals surface area contributed by atoms with Crippen LogP contribution >= 0.6 is 11.6 Å². The summed E-state index contributed by atoms with van der Waals surface area (Å²) in [4.78, 5) is 0. The highest BCUT2D eigenvalue weighted by Crippen LogP contribution is 2.32. The number of halogens is 1. The Morgan fingerprint density at radius 3 is 2.24 bits per heavy atom. The van der Waals surface area contributed by atoms with Gasteiger partial charge in [0.25, 0.3) is 0 Å². The van der Waals surface area contributed by atoms with Crippen molar-refractivity contribution in [2.45, 2.75) is 38.7 Å². The van der Waals surface area contributed by atoms with Crippen molar-refractivity contribution in [2.24, 2.45) is 5.92 Å². The molecule has 0 aliphatic heterocycles. The average Bonchev–Trinajstić information content (AvgIpc) is 2.50. The van der Waals surface area contributed by atoms with Gasteiger partial charge in [0.1, 0.15) is 0 Å². The Hall–Kier alpha value is -1.31. The van der Waals surface area contributed by atoms with Crippen molar-refractivity contribution in [3.63, 3.8) is 0 Å². The number of benzene rings is 2. The van der Waals surface area contributed by atoms with Gasteiger partial charge < -0.3 is 5.11 Å². The van der Waals surface area contributed by atoms with Gasteiger partial charge in [-0.3, -0.25) is 0 Å². The van der Waals surface area contributed by atoms with E-state index in [0.717, 1.165) is 17.0 Å². The normalized spacial score (nSPS) is 15.4. The first-order valence-electron chi connectivity index (χ1n) is 7.60. The first-order valence-corrected chi connectivity index (χ1v) is 7.97. The van der Waals surface area contributed by atoms with Crippen LogP contribution in [-0.2, 0) is 6.42 Å². The van der Waals surface area contributed by atoms with Crippen molar-refractivity contribution in [3.8, 4) is 0 Å². The van der Waals surface area contributed by atoms with E-state index in [0.29, 0.717) is 12.3 Å². The van der Waals surface area contributed by atoms with Gasteiger partial charge in [0, 0.05) is 17.4 Å². The van der Waals surface area contributed by atoms with Crippen molar-refractivity contribution >= 4 is 11.6 Å². The molecule has 0 aliphatic rings. The van der Waals surface area contributed by atoms with Crippen LogP contribution in [-0.4, -0.2) is 11.2 Å². The van der Waals surface area contributed by atoms with Gasteiger partial charge in [0.05, 0.1) is 6.10 Å². The van der Waals surface area contributed by atoms with Crippen molar-refractivity contribution in [2.75, 3.05) is 0 Å². The van der Waals surface area contributed by atoms with Gasteiger partial charge in [0.2, 0.25) is 0 Å². The lowest BCUT2D eigenvalue weighted by Gasteiger charge is -2.29. The molecule has 3 atom stereocenters. The minimum absolute atomic E-state index is 0.132. The molecule has 0 heterocycles. The van der Waals surface area contributed by atoms with Crippen LogP contribution in [0.1, 0.15) is 37.3 Å². The van der Waals surface area contributed by atoms with Gasteiger partial charge in [-0.15, -0.1) is 0 Å². The zero-order chi connectivity index (χ0) is 15.2. The Bertz CT molecular complexity index is 553. The average molecular weight is 303 g/mol. The third-order valence-corrected chi connectivity index (χ3v) is 4.61. The molecule has 0 fully saturated rings. The fourth-order valence-corrected chi connectivity index (χ4v) is 3.09. The van der Waals surface area contributed by atoms with Crippen LogP contribution in [0, 0.1) is 5.92 Å². The summed E-state index contributed by atoms with van der Waals surface area (Å²) in [6.45, 7) is 4.37. The van der Waals surface area contributed by atoms with E-state index < -0.39 is 6.10 Å². The summed E-state index contributed by atoms with van der Waals surface area (Å²) in [5.74, 6) is 0.553. The summed E-state index contributed by atoms with van der Waals surface area (Å²) in [5.41, 5.74) is 2.21. The van der Waals surface area contributed by atoms with Gasteiger partial charge in [0.15, 0.2) is 0 Å². The topological polar surface area (TPSA) is 20.2 Å². The molecule has 0 bridgehead atoms. The number of aliphatic hydroxyl groups is 1. The van der Waals surface area contributed by atoms with E-state index in [4.69, 9.17) is 11.6 Å². The maximum atomic E-state index is 10.8. The molecule has 1 nitrogen and oxygen atoms in total. The molecule has 0 radical (unpaired) electrons. The lowest BCUT2D eigenvalue weighted by atomic mass is 9.79. The van der Waals surface area contributed by atoms with Crippen LogP contribution in [0.2, 0.25) is 5.02 Å². The Kier molecular flexibility index (Phi) is 5.84. The van der Waals surface area contributed by atoms with Crippen molar-refractivity contribution in [1.82, 2.24) is 0 Å². The van der Waals surface area contributed by atoms with E-state index in [-0.39, 0.29) is 5.92 Å². The van der Waals surface area contributed by atoms with E-state index in [1.54, 1.807) is 0 Å². The van der Waals surface area contributed by atoms with Crippen LogP contribution in [0.25, 0.3) is 0 Å². The monoisotopic (exact) mass is 302 g/mol. The standard InChI is InChI=1S/C19H23ClO/c1-3-14(2)19(15-9-5-4-6-10-15)18(21)13-16-11-7-8-12-17(16)20/h4-12,14,18-19,21H,3,13H2,1-2H3. The molecule has 2 rings (SSSR count). The fourth-order valence-electron chi connectivity index (χ4n) is 2.88. The highest BCUT2D eigenvalue weighted by atomic mass is 35.5. The first-order chi connectivity index (χ1) is 10.1. The molecule has 1 N–H and O–H groups in total. The van der Waals surface area contributed by atoms with E-state index in [2.05, 4.69) is 26.0 Å². The molecule has 0 spiro atoms. The van der Waals surface area contributed by atoms with E-state index in [9.17, 15) is 5.11 Å². The van der Waals surface area contributed by atoms with Crippen molar-refractivity contribution in [3.05, 3.63) is 70.7 Å². The third kappa shape index (κ3) is 4.09. The minimum atomic E-state index is -0.428. The lowest BCUT2D eigenvalue weighted by molar-refractivity contribution is 0.117. The summed E-state index contributed by atoms with van der Waals surface area (Å²) in [5, 5.41) is 11.5. The predicted molar refractivity (Wildman–Crippen MR) is 89.8 cm³/mol. The molecule has 0 saturated heterocycles. The quantitative estimate of drug-likeness (QED) is 0.789. The van der Waals surface area contributed by atoms with E-state index in [1.807, 2.05) is 42.5 Å². The highest BCUT2D eigenvalue weighted by molar-refractivity contribution is 6.31. The summed E-state index contributed by atoms with van der Waals surface area (Å²) >= 11 is 6.22. The Balaban J connectivity index is 2.23. The molecule has 2 heteroatoms. The molecule has 0 aromatic heterocycles. The molecule has 2 aromatic rings. The second-order valence-corrected chi connectivity index (χ2v) is 6.09. The van der Waals surface area contributed by atoms with Crippen molar-refractivity contribution < 1.29 is 5.11 Å². The molecule has 2 aromatic carbocycles. The second kappa shape index (κ2) is 7.63. The maximum Gasteiger partial charge on any atom is 0.0652 e.